The number of halogens is 4. The lowest BCUT2D eigenvalue weighted by atomic mass is 10.2. The molecule has 2 N–H and O–H groups in total. The van der Waals surface area contributed by atoms with E-state index >= 15 is 0 Å². The number of thiophene rings is 1. The molecule has 0 radical (unpaired) electrons. The Morgan fingerprint density at radius 2 is 2.12 bits per heavy atom. The van der Waals surface area contributed by atoms with Gasteiger partial charge in [-0.05, 0) is 22.9 Å². The van der Waals surface area contributed by atoms with Crippen LogP contribution in [0.15, 0.2) is 3.79 Å². The first kappa shape index (κ1) is 13.3. The molecule has 0 unspecified atom stereocenters. The van der Waals surface area contributed by atoms with Gasteiger partial charge in [0.2, 0.25) is 0 Å². The molecule has 3 nitrogen and oxygen atoms in total. The van der Waals surface area contributed by atoms with Crippen LogP contribution in [-0.2, 0) is 10.9 Å². The van der Waals surface area contributed by atoms with Gasteiger partial charge in [-0.15, -0.1) is 11.3 Å². The first-order valence-corrected chi connectivity index (χ1v) is 5.72. The summed E-state index contributed by atoms with van der Waals surface area (Å²) in [6, 6.07) is 0. The summed E-state index contributed by atoms with van der Waals surface area (Å²) in [5, 5.41) is -0.211. The Balaban J connectivity index is 3.32. The van der Waals surface area contributed by atoms with E-state index in [1.165, 1.54) is 6.92 Å². The van der Waals surface area contributed by atoms with Crippen LogP contribution >= 0.6 is 27.3 Å². The summed E-state index contributed by atoms with van der Waals surface area (Å²) in [4.78, 5) is 11.3. The van der Waals surface area contributed by atoms with Gasteiger partial charge in [-0.3, -0.25) is 0 Å². The van der Waals surface area contributed by atoms with E-state index in [1.54, 1.807) is 0 Å². The topological polar surface area (TPSA) is 52.3 Å². The van der Waals surface area contributed by atoms with Gasteiger partial charge in [0.25, 0.3) is 0 Å². The normalized spacial score (nSPS) is 11.6. The number of hydrogen-bond acceptors (Lipinski definition) is 4. The predicted octanol–water partition coefficient (Wildman–Crippen LogP) is 3.29. The van der Waals surface area contributed by atoms with Gasteiger partial charge in [-0.1, -0.05) is 0 Å². The number of nitrogen functional groups attached to an aromatic ring is 1. The van der Waals surface area contributed by atoms with E-state index in [2.05, 4.69) is 20.7 Å². The highest BCUT2D eigenvalue weighted by Gasteiger charge is 2.41. The summed E-state index contributed by atoms with van der Waals surface area (Å²) in [5.74, 6) is -1.06. The third kappa shape index (κ3) is 2.49. The summed E-state index contributed by atoms with van der Waals surface area (Å²) in [7, 11) is 0. The average molecular weight is 318 g/mol. The fourth-order valence-electron chi connectivity index (χ4n) is 1.08. The molecule has 0 aromatic carbocycles. The molecule has 1 rings (SSSR count). The standard InChI is InChI=1S/C8H7BrF3NO2S/c1-2-15-7(14)3-4(8(10,11)12)5(9)16-6(3)13/h2,13H2,1H3. The Hall–Kier alpha value is -0.760. The Labute approximate surface area is 102 Å². The molecule has 8 heteroatoms. The monoisotopic (exact) mass is 317 g/mol. The van der Waals surface area contributed by atoms with Crippen LogP contribution in [0.4, 0.5) is 18.2 Å². The second kappa shape index (κ2) is 4.62. The molecule has 1 heterocycles. The highest BCUT2D eigenvalue weighted by Crippen LogP contribution is 2.45. The number of esters is 1. The van der Waals surface area contributed by atoms with Crippen LogP contribution in [-0.4, -0.2) is 12.6 Å². The maximum Gasteiger partial charge on any atom is 0.419 e. The molecule has 0 aliphatic carbocycles. The van der Waals surface area contributed by atoms with E-state index in [9.17, 15) is 18.0 Å². The second-order valence-electron chi connectivity index (χ2n) is 2.71. The van der Waals surface area contributed by atoms with Crippen molar-refractivity contribution in [3.63, 3.8) is 0 Å². The smallest absolute Gasteiger partial charge is 0.419 e. The maximum atomic E-state index is 12.6. The summed E-state index contributed by atoms with van der Waals surface area (Å²) in [6.45, 7) is 1.49. The Bertz CT molecular complexity index is 416. The number of alkyl halides is 3. The largest absolute Gasteiger partial charge is 0.462 e. The highest BCUT2D eigenvalue weighted by molar-refractivity contribution is 9.11. The molecule has 0 saturated carbocycles. The average Bonchev–Trinajstić information content (AvgIpc) is 2.40. The van der Waals surface area contributed by atoms with Crippen LogP contribution in [0.1, 0.15) is 22.8 Å². The number of ether oxygens (including phenoxy) is 1. The van der Waals surface area contributed by atoms with Crippen molar-refractivity contribution in [1.29, 1.82) is 0 Å². The van der Waals surface area contributed by atoms with Crippen molar-refractivity contribution >= 4 is 38.2 Å². The van der Waals surface area contributed by atoms with Crippen molar-refractivity contribution < 1.29 is 22.7 Å². The maximum absolute atomic E-state index is 12.6. The van der Waals surface area contributed by atoms with Crippen LogP contribution in [0.25, 0.3) is 0 Å². The first-order valence-electron chi connectivity index (χ1n) is 4.11. The van der Waals surface area contributed by atoms with Crippen molar-refractivity contribution in [1.82, 2.24) is 0 Å². The van der Waals surface area contributed by atoms with E-state index < -0.39 is 23.3 Å². The Kier molecular flexibility index (Phi) is 3.84. The zero-order chi connectivity index (χ0) is 12.5. The fraction of sp³-hybridized carbons (Fsp3) is 0.375. The van der Waals surface area contributed by atoms with E-state index in [0.29, 0.717) is 11.3 Å². The number of rotatable bonds is 2. The Morgan fingerprint density at radius 1 is 1.56 bits per heavy atom. The molecule has 0 aliphatic heterocycles. The zero-order valence-electron chi connectivity index (χ0n) is 8.02. The molecular weight excluding hydrogens is 311 g/mol. The highest BCUT2D eigenvalue weighted by atomic mass is 79.9. The molecule has 90 valence electrons. The molecule has 0 bridgehead atoms. The van der Waals surface area contributed by atoms with Gasteiger partial charge >= 0.3 is 12.1 Å². The molecule has 0 atom stereocenters. The number of carbonyl (C=O) groups excluding carboxylic acids is 1. The quantitative estimate of drug-likeness (QED) is 0.851. The molecule has 0 spiro atoms. The molecule has 0 aliphatic rings. The lowest BCUT2D eigenvalue weighted by Gasteiger charge is -2.08. The first-order chi connectivity index (χ1) is 7.29. The molecule has 1 aromatic rings. The van der Waals surface area contributed by atoms with Gasteiger partial charge in [0.05, 0.1) is 16.0 Å². The summed E-state index contributed by atoms with van der Waals surface area (Å²) < 4.78 is 42.2. The molecule has 0 amide bonds. The van der Waals surface area contributed by atoms with Gasteiger partial charge in [-0.25, -0.2) is 4.79 Å². The third-order valence-electron chi connectivity index (χ3n) is 1.66. The third-order valence-corrected chi connectivity index (χ3v) is 3.35. The van der Waals surface area contributed by atoms with Crippen molar-refractivity contribution in [3.05, 3.63) is 14.9 Å². The predicted molar refractivity (Wildman–Crippen MR) is 57.4 cm³/mol. The summed E-state index contributed by atoms with van der Waals surface area (Å²) in [6.07, 6.45) is -4.64. The SMILES string of the molecule is CCOC(=O)c1c(N)sc(Br)c1C(F)(F)F. The minimum Gasteiger partial charge on any atom is -0.462 e. The number of anilines is 1. The van der Waals surface area contributed by atoms with Crippen LogP contribution in [0.5, 0.6) is 0 Å². The lowest BCUT2D eigenvalue weighted by Crippen LogP contribution is -2.14. The summed E-state index contributed by atoms with van der Waals surface area (Å²) in [5.41, 5.74) is 3.66. The van der Waals surface area contributed by atoms with Crippen molar-refractivity contribution in [3.8, 4) is 0 Å². The fourth-order valence-corrected chi connectivity index (χ4v) is 2.83. The van der Waals surface area contributed by atoms with Crippen molar-refractivity contribution in [2.24, 2.45) is 0 Å². The van der Waals surface area contributed by atoms with Gasteiger partial charge in [0.15, 0.2) is 0 Å². The van der Waals surface area contributed by atoms with Crippen LogP contribution < -0.4 is 5.73 Å². The lowest BCUT2D eigenvalue weighted by molar-refractivity contribution is -0.138. The van der Waals surface area contributed by atoms with Crippen LogP contribution in [0, 0.1) is 0 Å². The molecule has 1 aromatic heterocycles. The van der Waals surface area contributed by atoms with E-state index in [1.807, 2.05) is 0 Å². The summed E-state index contributed by atoms with van der Waals surface area (Å²) >= 11 is 3.38. The van der Waals surface area contributed by atoms with E-state index in [4.69, 9.17) is 5.73 Å². The molecular formula is C8H7BrF3NO2S. The number of hydrogen-bond donors (Lipinski definition) is 1. The molecule has 16 heavy (non-hydrogen) atoms. The van der Waals surface area contributed by atoms with Gasteiger partial charge in [-0.2, -0.15) is 13.2 Å². The van der Waals surface area contributed by atoms with Gasteiger partial charge in [0.1, 0.15) is 10.6 Å². The minimum atomic E-state index is -4.64. The van der Waals surface area contributed by atoms with E-state index in [-0.39, 0.29) is 15.4 Å². The van der Waals surface area contributed by atoms with Gasteiger partial charge in [0, 0.05) is 0 Å². The minimum absolute atomic E-state index is 0.0109. The van der Waals surface area contributed by atoms with Crippen LogP contribution in [0.3, 0.4) is 0 Å². The van der Waals surface area contributed by atoms with Crippen molar-refractivity contribution in [2.45, 2.75) is 13.1 Å². The zero-order valence-corrected chi connectivity index (χ0v) is 10.4. The van der Waals surface area contributed by atoms with Crippen LogP contribution in [0.2, 0.25) is 0 Å². The van der Waals surface area contributed by atoms with E-state index in [0.717, 1.165) is 0 Å². The Morgan fingerprint density at radius 3 is 2.56 bits per heavy atom. The number of nitrogens with two attached hydrogens (primary N) is 1. The molecule has 0 saturated heterocycles. The van der Waals surface area contributed by atoms with Gasteiger partial charge < -0.3 is 10.5 Å². The second-order valence-corrected chi connectivity index (χ2v) is 5.08. The number of carbonyl (C=O) groups is 1. The van der Waals surface area contributed by atoms with Crippen molar-refractivity contribution in [2.75, 3.05) is 12.3 Å². The molecule has 0 fully saturated rings.